The van der Waals surface area contributed by atoms with Gasteiger partial charge in [0, 0.05) is 17.1 Å². The molecule has 0 atom stereocenters. The van der Waals surface area contributed by atoms with Crippen LogP contribution >= 0.6 is 0 Å². The third-order valence-corrected chi connectivity index (χ3v) is 2.46. The Morgan fingerprint density at radius 3 is 1.74 bits per heavy atom. The number of nitrogens with zero attached hydrogens (tertiary/aromatic N) is 2. The summed E-state index contributed by atoms with van der Waals surface area (Å²) < 4.78 is 0. The summed E-state index contributed by atoms with van der Waals surface area (Å²) in [5.74, 6) is 0. The maximum Gasteiger partial charge on any atom is 0 e. The summed E-state index contributed by atoms with van der Waals surface area (Å²) in [6, 6.07) is 16.8. The van der Waals surface area contributed by atoms with E-state index in [0.29, 0.717) is 0 Å². The van der Waals surface area contributed by atoms with Crippen LogP contribution in [-0.2, 0) is 30.2 Å². The van der Waals surface area contributed by atoms with Gasteiger partial charge in [0.1, 0.15) is 0 Å². The Morgan fingerprint density at radius 1 is 0.842 bits per heavy atom. The van der Waals surface area contributed by atoms with Crippen molar-refractivity contribution in [3.8, 4) is 0 Å². The minimum absolute atomic E-state index is 0. The van der Waals surface area contributed by atoms with Gasteiger partial charge in [0.05, 0.1) is 0 Å². The molecule has 0 aliphatic rings. The van der Waals surface area contributed by atoms with Gasteiger partial charge in [0.25, 0.3) is 0 Å². The van der Waals surface area contributed by atoms with Gasteiger partial charge in [-0.1, -0.05) is 0 Å². The average Bonchev–Trinajstić information content (AvgIpc) is 2.90. The molecule has 112 valence electrons. The zero-order valence-corrected chi connectivity index (χ0v) is 13.4. The molecule has 0 saturated heterocycles. The fourth-order valence-corrected chi connectivity index (χ4v) is 1.77. The van der Waals surface area contributed by atoms with Gasteiger partial charge in [0.2, 0.25) is 0 Å². The summed E-state index contributed by atoms with van der Waals surface area (Å²) in [4.78, 5) is 4.32. The number of hydrogen-bond acceptors (Lipinski definition) is 2. The molecule has 3 heteroatoms. The fraction of sp³-hybridized carbons (Fsp3) is 0.375. The summed E-state index contributed by atoms with van der Waals surface area (Å²) in [6.07, 6.45) is 0. The largest absolute Gasteiger partial charge is 0.748 e. The summed E-state index contributed by atoms with van der Waals surface area (Å²) in [6.45, 7) is 2.10. The standard InChI is InChI=1S/2C8H12N.Fe/c2*1-9(2)7-8-5-3-4-6-8;/h2*3-6H,7H2,1-2H3;/q-5;-1;. The second-order valence-corrected chi connectivity index (χ2v) is 5.06. The summed E-state index contributed by atoms with van der Waals surface area (Å²) in [7, 11) is 8.31. The third-order valence-electron chi connectivity index (χ3n) is 2.46. The quantitative estimate of drug-likeness (QED) is 0.633. The second kappa shape index (κ2) is 9.99. The average molecular weight is 300 g/mol. The third kappa shape index (κ3) is 8.79. The van der Waals surface area contributed by atoms with Crippen molar-refractivity contribution in [2.24, 2.45) is 0 Å². The van der Waals surface area contributed by atoms with Crippen LogP contribution in [0.4, 0.5) is 0 Å². The molecule has 2 rings (SSSR count). The van der Waals surface area contributed by atoms with Crippen LogP contribution in [0.25, 0.3) is 0 Å². The minimum atomic E-state index is 0. The molecule has 0 fully saturated rings. The van der Waals surface area contributed by atoms with Crippen LogP contribution in [0.3, 0.4) is 0 Å². The molecule has 0 unspecified atom stereocenters. The summed E-state index contributed by atoms with van der Waals surface area (Å²) >= 11 is 0. The smallest absolute Gasteiger partial charge is 0 e. The van der Waals surface area contributed by atoms with E-state index in [1.165, 1.54) is 11.1 Å². The molecule has 0 saturated carbocycles. The van der Waals surface area contributed by atoms with Crippen molar-refractivity contribution in [3.05, 3.63) is 59.7 Å². The Hall–Kier alpha value is -0.861. The molecule has 0 N–H and O–H groups in total. The van der Waals surface area contributed by atoms with Gasteiger partial charge >= 0.3 is 0 Å². The van der Waals surface area contributed by atoms with E-state index in [1.54, 1.807) is 0 Å². The van der Waals surface area contributed by atoms with E-state index in [9.17, 15) is 0 Å². The van der Waals surface area contributed by atoms with E-state index in [1.807, 2.05) is 0 Å². The zero-order chi connectivity index (χ0) is 13.4. The topological polar surface area (TPSA) is 6.48 Å². The zero-order valence-electron chi connectivity index (χ0n) is 12.3. The molecular formula is C16H24FeN2-6. The molecule has 0 aliphatic carbocycles. The van der Waals surface area contributed by atoms with Gasteiger partial charge in [-0.15, -0.1) is 5.56 Å². The Bertz CT molecular complexity index is 348. The maximum atomic E-state index is 2.16. The molecule has 0 aromatic heterocycles. The molecule has 0 aliphatic heterocycles. The molecule has 0 spiro atoms. The maximum absolute atomic E-state index is 2.16. The van der Waals surface area contributed by atoms with Crippen LogP contribution in [0.15, 0.2) is 48.5 Å². The van der Waals surface area contributed by atoms with Gasteiger partial charge in [-0.2, -0.15) is 18.7 Å². The predicted octanol–water partition coefficient (Wildman–Crippen LogP) is 2.93. The van der Waals surface area contributed by atoms with E-state index in [0.717, 1.165) is 13.1 Å². The molecule has 2 nitrogen and oxygen atoms in total. The van der Waals surface area contributed by atoms with E-state index in [-0.39, 0.29) is 17.1 Å². The minimum Gasteiger partial charge on any atom is -0.748 e. The Kier molecular flexibility index (Phi) is 9.54. The van der Waals surface area contributed by atoms with E-state index in [2.05, 4.69) is 86.5 Å². The van der Waals surface area contributed by atoms with E-state index < -0.39 is 0 Å². The van der Waals surface area contributed by atoms with E-state index in [4.69, 9.17) is 0 Å². The van der Waals surface area contributed by atoms with Crippen LogP contribution in [-0.4, -0.2) is 38.0 Å². The molecular weight excluding hydrogens is 276 g/mol. The van der Waals surface area contributed by atoms with Gasteiger partial charge in [-0.05, 0) is 34.7 Å². The molecule has 0 radical (unpaired) electrons. The molecule has 2 aromatic rings. The first-order chi connectivity index (χ1) is 8.58. The molecule has 0 bridgehead atoms. The molecule has 0 amide bonds. The first-order valence-electron chi connectivity index (χ1n) is 6.28. The molecule has 19 heavy (non-hydrogen) atoms. The summed E-state index contributed by atoms with van der Waals surface area (Å²) in [5, 5.41) is 0. The SMILES string of the molecule is CN(C)C[c-]1[cH-][cH-][cH-][cH-]1.CN(C)C[c-]1cccc1.[Fe]. The Labute approximate surface area is 128 Å². The monoisotopic (exact) mass is 300 g/mol. The molecule has 2 aromatic carbocycles. The first-order valence-corrected chi connectivity index (χ1v) is 6.28. The van der Waals surface area contributed by atoms with Crippen LogP contribution in [0.5, 0.6) is 0 Å². The Balaban J connectivity index is 0.000000324. The van der Waals surface area contributed by atoms with Crippen molar-refractivity contribution in [2.75, 3.05) is 28.2 Å². The van der Waals surface area contributed by atoms with Crippen molar-refractivity contribution in [1.29, 1.82) is 0 Å². The van der Waals surface area contributed by atoms with Crippen LogP contribution in [0.1, 0.15) is 11.1 Å². The van der Waals surface area contributed by atoms with Crippen molar-refractivity contribution >= 4 is 0 Å². The van der Waals surface area contributed by atoms with Crippen molar-refractivity contribution < 1.29 is 17.1 Å². The normalized spacial score (nSPS) is 10.0. The van der Waals surface area contributed by atoms with Gasteiger partial charge in [-0.25, -0.2) is 12.1 Å². The van der Waals surface area contributed by atoms with Crippen molar-refractivity contribution in [2.45, 2.75) is 13.1 Å². The summed E-state index contributed by atoms with van der Waals surface area (Å²) in [5.41, 5.74) is 2.78. The predicted molar refractivity (Wildman–Crippen MR) is 78.9 cm³/mol. The number of rotatable bonds is 4. The number of hydrogen-bond donors (Lipinski definition) is 0. The van der Waals surface area contributed by atoms with Gasteiger partial charge < -0.3 is 39.6 Å². The molecule has 0 heterocycles. The van der Waals surface area contributed by atoms with Crippen LogP contribution in [0, 0.1) is 0 Å². The fourth-order valence-electron chi connectivity index (χ4n) is 1.77. The van der Waals surface area contributed by atoms with E-state index >= 15 is 0 Å². The van der Waals surface area contributed by atoms with Crippen molar-refractivity contribution in [1.82, 2.24) is 9.80 Å². The van der Waals surface area contributed by atoms with Gasteiger partial charge in [-0.3, -0.25) is 0 Å². The van der Waals surface area contributed by atoms with Crippen LogP contribution in [0.2, 0.25) is 0 Å². The second-order valence-electron chi connectivity index (χ2n) is 5.06. The first kappa shape index (κ1) is 18.1. The Morgan fingerprint density at radius 2 is 1.32 bits per heavy atom. The van der Waals surface area contributed by atoms with Gasteiger partial charge in [0.15, 0.2) is 0 Å². The van der Waals surface area contributed by atoms with Crippen molar-refractivity contribution in [3.63, 3.8) is 0 Å². The van der Waals surface area contributed by atoms with Crippen LogP contribution < -0.4 is 0 Å².